The molecule has 0 saturated carbocycles. The predicted octanol–water partition coefficient (Wildman–Crippen LogP) is 4.67. The molecule has 0 aromatic heterocycles. The second-order valence-corrected chi connectivity index (χ2v) is 8.33. The normalized spacial score (nSPS) is 13.2. The molecule has 0 saturated heterocycles. The van der Waals surface area contributed by atoms with E-state index >= 15 is 0 Å². The summed E-state index contributed by atoms with van der Waals surface area (Å²) in [6, 6.07) is 6.17. The van der Waals surface area contributed by atoms with E-state index in [1.165, 1.54) is 25.3 Å². The highest BCUT2D eigenvalue weighted by molar-refractivity contribution is 6.30. The van der Waals surface area contributed by atoms with Crippen molar-refractivity contribution < 1.29 is 33.0 Å². The fraction of sp³-hybridized carbons (Fsp3) is 0.400. The number of carbonyl (C=O) groups is 2. The van der Waals surface area contributed by atoms with Crippen molar-refractivity contribution in [1.29, 1.82) is 0 Å². The molecular formula is C25H28ClF2NO5. The number of hydrogen-bond acceptors (Lipinski definition) is 6. The van der Waals surface area contributed by atoms with Crippen molar-refractivity contribution in [1.82, 2.24) is 0 Å². The molecule has 0 bridgehead atoms. The zero-order chi connectivity index (χ0) is 25.4. The largest absolute Gasteiger partial charge is 0.496 e. The first-order valence-electron chi connectivity index (χ1n) is 10.8. The van der Waals surface area contributed by atoms with Gasteiger partial charge in [0.05, 0.1) is 37.0 Å². The minimum Gasteiger partial charge on any atom is -0.496 e. The Labute approximate surface area is 202 Å². The number of benzene rings is 2. The van der Waals surface area contributed by atoms with Crippen LogP contribution < -0.4 is 4.74 Å². The SMILES string of the molecule is CCOC(=O)C(C=N[C@H](CO)C(C)C)C(=O)c1cc(Cc2cccc(Cl)c2F)c(OC)cc1F. The van der Waals surface area contributed by atoms with E-state index in [1.807, 2.05) is 13.8 Å². The van der Waals surface area contributed by atoms with Gasteiger partial charge < -0.3 is 14.6 Å². The number of aliphatic imine (C=N–C) groups is 1. The van der Waals surface area contributed by atoms with Crippen molar-refractivity contribution in [2.45, 2.75) is 33.2 Å². The van der Waals surface area contributed by atoms with Crippen LogP contribution in [0.1, 0.15) is 42.3 Å². The number of aliphatic hydroxyl groups is 1. The lowest BCUT2D eigenvalue weighted by Crippen LogP contribution is -2.30. The summed E-state index contributed by atoms with van der Waals surface area (Å²) in [7, 11) is 1.32. The third-order valence-corrected chi connectivity index (χ3v) is 5.55. The van der Waals surface area contributed by atoms with Gasteiger partial charge in [-0.1, -0.05) is 37.6 Å². The predicted molar refractivity (Wildman–Crippen MR) is 126 cm³/mol. The summed E-state index contributed by atoms with van der Waals surface area (Å²) in [6.45, 7) is 4.94. The van der Waals surface area contributed by atoms with Crippen molar-refractivity contribution in [2.24, 2.45) is 16.8 Å². The summed E-state index contributed by atoms with van der Waals surface area (Å²) in [5.74, 6) is -4.80. The van der Waals surface area contributed by atoms with Crippen molar-refractivity contribution >= 4 is 29.6 Å². The minimum atomic E-state index is -1.52. The van der Waals surface area contributed by atoms with Crippen molar-refractivity contribution in [3.8, 4) is 5.75 Å². The van der Waals surface area contributed by atoms with Crippen LogP contribution >= 0.6 is 11.6 Å². The van der Waals surface area contributed by atoms with E-state index in [1.54, 1.807) is 13.0 Å². The highest BCUT2D eigenvalue weighted by Crippen LogP contribution is 2.29. The Balaban J connectivity index is 2.51. The first-order valence-corrected chi connectivity index (χ1v) is 11.2. The van der Waals surface area contributed by atoms with Gasteiger partial charge in [0.2, 0.25) is 0 Å². The lowest BCUT2D eigenvalue weighted by Gasteiger charge is -2.17. The summed E-state index contributed by atoms with van der Waals surface area (Å²) in [5.41, 5.74) is 0.151. The average Bonchev–Trinajstić information content (AvgIpc) is 2.80. The van der Waals surface area contributed by atoms with E-state index in [9.17, 15) is 23.5 Å². The number of Topliss-reactive ketones (excluding diaryl/α,β-unsaturated/α-hetero) is 1. The number of methoxy groups -OCH3 is 1. The van der Waals surface area contributed by atoms with Crippen LogP contribution in [0.15, 0.2) is 35.3 Å². The number of aliphatic hydroxyl groups excluding tert-OH is 1. The molecule has 9 heteroatoms. The average molecular weight is 496 g/mol. The summed E-state index contributed by atoms with van der Waals surface area (Å²) >= 11 is 5.86. The van der Waals surface area contributed by atoms with E-state index < -0.39 is 40.9 Å². The third kappa shape index (κ3) is 6.61. The number of ether oxygens (including phenoxy) is 2. The molecule has 2 aromatic rings. The topological polar surface area (TPSA) is 85.2 Å². The van der Waals surface area contributed by atoms with Crippen LogP contribution in [0.5, 0.6) is 5.75 Å². The van der Waals surface area contributed by atoms with E-state index in [4.69, 9.17) is 21.1 Å². The van der Waals surface area contributed by atoms with Crippen LogP contribution in [0.2, 0.25) is 5.02 Å². The van der Waals surface area contributed by atoms with Gasteiger partial charge in [-0.25, -0.2) is 8.78 Å². The number of halogens is 3. The molecule has 0 heterocycles. The minimum absolute atomic E-state index is 0.00838. The van der Waals surface area contributed by atoms with Gasteiger partial charge in [0, 0.05) is 18.7 Å². The molecule has 0 amide bonds. The van der Waals surface area contributed by atoms with Crippen molar-refractivity contribution in [3.63, 3.8) is 0 Å². The Hall–Kier alpha value is -2.84. The molecule has 0 spiro atoms. The maximum Gasteiger partial charge on any atom is 0.322 e. The second kappa shape index (κ2) is 12.6. The lowest BCUT2D eigenvalue weighted by molar-refractivity contribution is -0.144. The number of ketones is 1. The molecule has 2 atom stereocenters. The number of rotatable bonds is 11. The maximum absolute atomic E-state index is 14.9. The van der Waals surface area contributed by atoms with Crippen LogP contribution in [0.3, 0.4) is 0 Å². The summed E-state index contributed by atoms with van der Waals surface area (Å²) in [6.07, 6.45) is 1.05. The monoisotopic (exact) mass is 495 g/mol. The second-order valence-electron chi connectivity index (χ2n) is 7.92. The van der Waals surface area contributed by atoms with Crippen molar-refractivity contribution in [3.05, 3.63) is 63.7 Å². The molecule has 34 heavy (non-hydrogen) atoms. The molecule has 0 fully saturated rings. The molecule has 1 unspecified atom stereocenters. The molecule has 184 valence electrons. The standard InChI is InChI=1S/C25H28ClF2NO5/c1-5-34-25(32)18(12-29-21(13-30)14(2)3)24(31)17-10-16(22(33-4)11-20(17)27)9-15-7-6-8-19(26)23(15)28/h6-8,10-12,14,18,21,30H,5,9,13H2,1-4H3/t18?,21-/m1/s1. The molecule has 0 aliphatic carbocycles. The van der Waals surface area contributed by atoms with Crippen LogP contribution in [0.25, 0.3) is 0 Å². The smallest absolute Gasteiger partial charge is 0.322 e. The highest BCUT2D eigenvalue weighted by Gasteiger charge is 2.31. The van der Waals surface area contributed by atoms with Gasteiger partial charge in [-0.15, -0.1) is 0 Å². The van der Waals surface area contributed by atoms with E-state index in [0.717, 1.165) is 12.3 Å². The zero-order valence-electron chi connectivity index (χ0n) is 19.5. The maximum atomic E-state index is 14.9. The summed E-state index contributed by atoms with van der Waals surface area (Å²) in [5, 5.41) is 9.43. The van der Waals surface area contributed by atoms with E-state index in [0.29, 0.717) is 5.56 Å². The van der Waals surface area contributed by atoms with Gasteiger partial charge >= 0.3 is 5.97 Å². The molecule has 2 aromatic carbocycles. The van der Waals surface area contributed by atoms with Gasteiger partial charge in [-0.3, -0.25) is 14.6 Å². The Morgan fingerprint density at radius 3 is 2.50 bits per heavy atom. The fourth-order valence-electron chi connectivity index (χ4n) is 3.27. The Morgan fingerprint density at radius 1 is 1.21 bits per heavy atom. The van der Waals surface area contributed by atoms with E-state index in [2.05, 4.69) is 4.99 Å². The molecule has 0 radical (unpaired) electrons. The van der Waals surface area contributed by atoms with Gasteiger partial charge in [0.1, 0.15) is 17.4 Å². The van der Waals surface area contributed by atoms with Crippen molar-refractivity contribution in [2.75, 3.05) is 20.3 Å². The van der Waals surface area contributed by atoms with Crippen LogP contribution in [0, 0.1) is 23.5 Å². The fourth-order valence-corrected chi connectivity index (χ4v) is 3.46. The molecule has 1 N–H and O–H groups in total. The van der Waals surface area contributed by atoms with Gasteiger partial charge in [0.25, 0.3) is 0 Å². The Bertz CT molecular complexity index is 1060. The Morgan fingerprint density at radius 2 is 1.91 bits per heavy atom. The number of nitrogens with zero attached hydrogens (tertiary/aromatic N) is 1. The quantitative estimate of drug-likeness (QED) is 0.212. The van der Waals surface area contributed by atoms with Crippen LogP contribution in [-0.4, -0.2) is 49.4 Å². The molecule has 6 nitrogen and oxygen atoms in total. The number of esters is 1. The zero-order valence-corrected chi connectivity index (χ0v) is 20.2. The molecule has 0 aliphatic heterocycles. The first kappa shape index (κ1) is 27.4. The van der Waals surface area contributed by atoms with Gasteiger partial charge in [-0.2, -0.15) is 0 Å². The van der Waals surface area contributed by atoms with Crippen LogP contribution in [-0.2, 0) is 16.0 Å². The molecule has 0 aliphatic rings. The van der Waals surface area contributed by atoms with Gasteiger partial charge in [-0.05, 0) is 36.1 Å². The summed E-state index contributed by atoms with van der Waals surface area (Å²) in [4.78, 5) is 29.9. The number of carbonyl (C=O) groups excluding carboxylic acids is 2. The molecular weight excluding hydrogens is 468 g/mol. The lowest BCUT2D eigenvalue weighted by atomic mass is 9.94. The summed E-state index contributed by atoms with van der Waals surface area (Å²) < 4.78 is 39.6. The van der Waals surface area contributed by atoms with Crippen LogP contribution in [0.4, 0.5) is 8.78 Å². The Kier molecular flexibility index (Phi) is 10.1. The number of hydrogen-bond donors (Lipinski definition) is 1. The molecule has 2 rings (SSSR count). The first-order chi connectivity index (χ1) is 16.1. The highest BCUT2D eigenvalue weighted by atomic mass is 35.5. The van der Waals surface area contributed by atoms with E-state index in [-0.39, 0.29) is 41.9 Å². The van der Waals surface area contributed by atoms with Gasteiger partial charge in [0.15, 0.2) is 11.7 Å². The third-order valence-electron chi connectivity index (χ3n) is 5.25.